The van der Waals surface area contributed by atoms with Crippen molar-refractivity contribution in [2.75, 3.05) is 13.7 Å². The molecule has 1 unspecified atom stereocenters. The molecule has 0 spiro atoms. The second-order valence-electron chi connectivity index (χ2n) is 4.88. The highest BCUT2D eigenvalue weighted by molar-refractivity contribution is 7.10. The Morgan fingerprint density at radius 3 is 2.91 bits per heavy atom. The normalized spacial score (nSPS) is 12.2. The molecule has 7 heteroatoms. The van der Waals surface area contributed by atoms with Crippen LogP contribution in [0.25, 0.3) is 10.9 Å². The van der Waals surface area contributed by atoms with Crippen LogP contribution < -0.4 is 10.9 Å². The fraction of sp³-hybridized carbons (Fsp3) is 0.188. The number of aromatic nitrogens is 2. The summed E-state index contributed by atoms with van der Waals surface area (Å²) in [6.45, 7) is 0.298. The minimum absolute atomic E-state index is 0.00488. The third-order valence-electron chi connectivity index (χ3n) is 3.42. The Morgan fingerprint density at radius 2 is 2.17 bits per heavy atom. The summed E-state index contributed by atoms with van der Waals surface area (Å²) in [6, 6.07) is 10.8. The van der Waals surface area contributed by atoms with Crippen LogP contribution in [0.15, 0.2) is 46.6 Å². The maximum Gasteiger partial charge on any atom is 0.287 e. The highest BCUT2D eigenvalue weighted by Gasteiger charge is 2.16. The molecule has 0 aliphatic heterocycles. The van der Waals surface area contributed by atoms with Gasteiger partial charge in [0.25, 0.3) is 11.5 Å². The number of amides is 1. The van der Waals surface area contributed by atoms with E-state index >= 15 is 0 Å². The van der Waals surface area contributed by atoms with Gasteiger partial charge in [0.05, 0.1) is 10.9 Å². The molecular formula is C16H15N3O3S. The van der Waals surface area contributed by atoms with E-state index in [1.807, 2.05) is 17.5 Å². The largest absolute Gasteiger partial charge is 0.374 e. The van der Waals surface area contributed by atoms with Gasteiger partial charge in [0.15, 0.2) is 5.82 Å². The van der Waals surface area contributed by atoms with Gasteiger partial charge in [0.2, 0.25) is 0 Å². The van der Waals surface area contributed by atoms with Crippen molar-refractivity contribution in [3.05, 3.63) is 62.8 Å². The molecule has 1 amide bonds. The van der Waals surface area contributed by atoms with Gasteiger partial charge in [0.1, 0.15) is 6.10 Å². The molecule has 1 atom stereocenters. The van der Waals surface area contributed by atoms with Gasteiger partial charge in [0, 0.05) is 18.5 Å². The molecule has 0 radical (unpaired) electrons. The molecule has 0 bridgehead atoms. The molecule has 0 saturated carbocycles. The van der Waals surface area contributed by atoms with E-state index in [2.05, 4.69) is 15.3 Å². The third-order valence-corrected chi connectivity index (χ3v) is 4.39. The number of aromatic amines is 1. The van der Waals surface area contributed by atoms with Gasteiger partial charge in [-0.1, -0.05) is 18.2 Å². The average molecular weight is 329 g/mol. The molecule has 0 aliphatic carbocycles. The van der Waals surface area contributed by atoms with Gasteiger partial charge >= 0.3 is 0 Å². The Kier molecular flexibility index (Phi) is 4.50. The summed E-state index contributed by atoms with van der Waals surface area (Å²) in [6.07, 6.45) is -0.230. The van der Waals surface area contributed by atoms with E-state index in [0.717, 1.165) is 4.88 Å². The van der Waals surface area contributed by atoms with Crippen LogP contribution in [0.2, 0.25) is 0 Å². The summed E-state index contributed by atoms with van der Waals surface area (Å²) in [5.74, 6) is -0.443. The minimum atomic E-state index is -0.438. The maximum atomic E-state index is 12.2. The molecule has 6 nitrogen and oxygen atoms in total. The van der Waals surface area contributed by atoms with Crippen molar-refractivity contribution < 1.29 is 9.53 Å². The van der Waals surface area contributed by atoms with Crippen molar-refractivity contribution in [2.24, 2.45) is 0 Å². The van der Waals surface area contributed by atoms with Gasteiger partial charge in [-0.25, -0.2) is 4.98 Å². The molecule has 0 fully saturated rings. The van der Waals surface area contributed by atoms with Crippen LogP contribution >= 0.6 is 11.3 Å². The number of hydrogen-bond acceptors (Lipinski definition) is 5. The standard InChI is InChI=1S/C16H15N3O3S/c1-22-12(13-7-4-8-23-13)9-17-16(21)14-18-11-6-3-2-5-10(11)15(20)19-14/h2-8,12H,9H2,1H3,(H,17,21)(H,18,19,20). The number of carbonyl (C=O) groups excluding carboxylic acids is 1. The first kappa shape index (κ1) is 15.4. The maximum absolute atomic E-state index is 12.2. The summed E-state index contributed by atoms with van der Waals surface area (Å²) in [4.78, 5) is 31.9. The van der Waals surface area contributed by atoms with Crippen molar-refractivity contribution in [1.82, 2.24) is 15.3 Å². The van der Waals surface area contributed by atoms with Crippen molar-refractivity contribution in [2.45, 2.75) is 6.10 Å². The summed E-state index contributed by atoms with van der Waals surface area (Å²) in [5.41, 5.74) is 0.158. The number of benzene rings is 1. The topological polar surface area (TPSA) is 84.1 Å². The zero-order chi connectivity index (χ0) is 16.2. The lowest BCUT2D eigenvalue weighted by molar-refractivity contribution is 0.0829. The summed E-state index contributed by atoms with van der Waals surface area (Å²) >= 11 is 1.56. The van der Waals surface area contributed by atoms with Gasteiger partial charge in [-0.05, 0) is 23.6 Å². The Hall–Kier alpha value is -2.51. The molecule has 2 heterocycles. The minimum Gasteiger partial charge on any atom is -0.374 e. The van der Waals surface area contributed by atoms with E-state index in [1.165, 1.54) is 0 Å². The quantitative estimate of drug-likeness (QED) is 0.751. The number of para-hydroxylation sites is 1. The number of ether oxygens (including phenoxy) is 1. The molecular weight excluding hydrogens is 314 g/mol. The second-order valence-corrected chi connectivity index (χ2v) is 5.86. The van der Waals surface area contributed by atoms with E-state index in [0.29, 0.717) is 17.4 Å². The SMILES string of the molecule is COC(CNC(=O)c1nc2ccccc2c(=O)[nH]1)c1cccs1. The van der Waals surface area contributed by atoms with Crippen LogP contribution in [0.5, 0.6) is 0 Å². The molecule has 118 valence electrons. The third kappa shape index (κ3) is 3.30. The number of hydrogen-bond donors (Lipinski definition) is 2. The van der Waals surface area contributed by atoms with E-state index in [9.17, 15) is 9.59 Å². The molecule has 2 N–H and O–H groups in total. The zero-order valence-electron chi connectivity index (χ0n) is 12.4. The van der Waals surface area contributed by atoms with Crippen molar-refractivity contribution in [3.63, 3.8) is 0 Å². The number of H-pyrrole nitrogens is 1. The van der Waals surface area contributed by atoms with Gasteiger partial charge in [-0.2, -0.15) is 0 Å². The van der Waals surface area contributed by atoms with Crippen LogP contribution in [0.1, 0.15) is 21.6 Å². The Morgan fingerprint density at radius 1 is 1.35 bits per heavy atom. The van der Waals surface area contributed by atoms with Crippen LogP contribution in [-0.2, 0) is 4.74 Å². The van der Waals surface area contributed by atoms with Crippen molar-refractivity contribution in [1.29, 1.82) is 0 Å². The Labute approximate surface area is 136 Å². The number of methoxy groups -OCH3 is 1. The molecule has 0 saturated heterocycles. The molecule has 3 aromatic rings. The second kappa shape index (κ2) is 6.72. The number of thiophene rings is 1. The summed E-state index contributed by atoms with van der Waals surface area (Å²) < 4.78 is 5.38. The number of rotatable bonds is 5. The Bertz CT molecular complexity index is 874. The monoisotopic (exact) mass is 329 g/mol. The lowest BCUT2D eigenvalue weighted by atomic mass is 10.2. The molecule has 2 aromatic heterocycles. The predicted octanol–water partition coefficient (Wildman–Crippen LogP) is 2.10. The lowest BCUT2D eigenvalue weighted by Crippen LogP contribution is -2.31. The first-order chi connectivity index (χ1) is 11.2. The predicted molar refractivity (Wildman–Crippen MR) is 88.8 cm³/mol. The van der Waals surface area contributed by atoms with E-state index in [-0.39, 0.29) is 17.5 Å². The number of fused-ring (bicyclic) bond motifs is 1. The van der Waals surface area contributed by atoms with Crippen LogP contribution in [0.3, 0.4) is 0 Å². The highest BCUT2D eigenvalue weighted by Crippen LogP contribution is 2.21. The number of nitrogens with zero attached hydrogens (tertiary/aromatic N) is 1. The average Bonchev–Trinajstić information content (AvgIpc) is 3.09. The fourth-order valence-corrected chi connectivity index (χ4v) is 3.04. The van der Waals surface area contributed by atoms with Crippen molar-refractivity contribution in [3.8, 4) is 0 Å². The lowest BCUT2D eigenvalue weighted by Gasteiger charge is -2.14. The van der Waals surface area contributed by atoms with Gasteiger partial charge in [-0.3, -0.25) is 9.59 Å². The molecule has 1 aromatic carbocycles. The Balaban J connectivity index is 1.77. The summed E-state index contributed by atoms with van der Waals surface area (Å²) in [7, 11) is 1.59. The first-order valence-electron chi connectivity index (χ1n) is 7.02. The van der Waals surface area contributed by atoms with E-state index < -0.39 is 5.91 Å². The van der Waals surface area contributed by atoms with E-state index in [4.69, 9.17) is 4.74 Å². The fourth-order valence-electron chi connectivity index (χ4n) is 2.24. The number of nitrogens with one attached hydrogen (secondary N) is 2. The molecule has 3 rings (SSSR count). The molecule has 0 aliphatic rings. The zero-order valence-corrected chi connectivity index (χ0v) is 13.2. The van der Waals surface area contributed by atoms with E-state index in [1.54, 1.807) is 42.7 Å². The number of carbonyl (C=O) groups is 1. The van der Waals surface area contributed by atoms with Gasteiger partial charge in [-0.15, -0.1) is 11.3 Å². The van der Waals surface area contributed by atoms with Gasteiger partial charge < -0.3 is 15.0 Å². The summed E-state index contributed by atoms with van der Waals surface area (Å²) in [5, 5.41) is 5.15. The highest BCUT2D eigenvalue weighted by atomic mass is 32.1. The first-order valence-corrected chi connectivity index (χ1v) is 7.90. The van der Waals surface area contributed by atoms with Crippen LogP contribution in [0, 0.1) is 0 Å². The molecule has 23 heavy (non-hydrogen) atoms. The van der Waals surface area contributed by atoms with Crippen LogP contribution in [0.4, 0.5) is 0 Å². The smallest absolute Gasteiger partial charge is 0.287 e. The van der Waals surface area contributed by atoms with Crippen LogP contribution in [-0.4, -0.2) is 29.5 Å². The van der Waals surface area contributed by atoms with Crippen molar-refractivity contribution >= 4 is 28.1 Å².